The summed E-state index contributed by atoms with van der Waals surface area (Å²) in [5, 5.41) is 17.0. The molecule has 7 nitrogen and oxygen atoms in total. The number of anilines is 1. The number of rotatable bonds is 3. The maximum Gasteiger partial charge on any atom is 0.277 e. The lowest BCUT2D eigenvalue weighted by molar-refractivity contribution is 0.102. The number of pyridine rings is 1. The lowest BCUT2D eigenvalue weighted by Gasteiger charge is -2.03. The second kappa shape index (κ2) is 6.98. The average molecular weight is 284 g/mol. The smallest absolute Gasteiger partial charge is 0.277 e. The van der Waals surface area contributed by atoms with Crippen LogP contribution in [0.2, 0.25) is 0 Å². The summed E-state index contributed by atoms with van der Waals surface area (Å²) < 4.78 is 0. The molecule has 0 radical (unpaired) electrons. The van der Waals surface area contributed by atoms with Crippen LogP contribution in [-0.2, 0) is 0 Å². The Bertz CT molecular complexity index is 738. The first-order valence-electron chi connectivity index (χ1n) is 6.12. The topological polar surface area (TPSA) is 108 Å². The summed E-state index contributed by atoms with van der Waals surface area (Å²) in [5.74, 6) is 5.46. The molecule has 2 aromatic heterocycles. The Morgan fingerprint density at radius 1 is 1.38 bits per heavy atom. The first-order valence-corrected chi connectivity index (χ1v) is 6.12. The SMILES string of the molecule is O=C(Nc1cc(C#CCCO)ccn1)c1ccc(=O)[nH]n1. The minimum absolute atomic E-state index is 0.000441. The van der Waals surface area contributed by atoms with E-state index in [1.165, 1.54) is 18.3 Å². The number of H-pyrrole nitrogens is 1. The predicted octanol–water partition coefficient (Wildman–Crippen LogP) is 0.151. The van der Waals surface area contributed by atoms with Gasteiger partial charge in [0.2, 0.25) is 0 Å². The average Bonchev–Trinajstić information content (AvgIpc) is 2.48. The van der Waals surface area contributed by atoms with Gasteiger partial charge in [0, 0.05) is 24.2 Å². The number of aliphatic hydroxyl groups excluding tert-OH is 1. The lowest BCUT2D eigenvalue weighted by Crippen LogP contribution is -2.18. The molecule has 7 heteroatoms. The summed E-state index contributed by atoms with van der Waals surface area (Å²) in [6, 6.07) is 5.83. The third-order valence-corrected chi connectivity index (χ3v) is 2.38. The Kier molecular flexibility index (Phi) is 4.79. The molecule has 0 spiro atoms. The van der Waals surface area contributed by atoms with E-state index in [0.717, 1.165) is 0 Å². The van der Waals surface area contributed by atoms with Crippen LogP contribution in [0.3, 0.4) is 0 Å². The summed E-state index contributed by atoms with van der Waals surface area (Å²) in [4.78, 5) is 26.8. The van der Waals surface area contributed by atoms with Gasteiger partial charge in [-0.1, -0.05) is 11.8 Å². The van der Waals surface area contributed by atoms with Crippen LogP contribution in [0.15, 0.2) is 35.3 Å². The van der Waals surface area contributed by atoms with Gasteiger partial charge >= 0.3 is 0 Å². The molecule has 0 unspecified atom stereocenters. The van der Waals surface area contributed by atoms with E-state index in [-0.39, 0.29) is 17.9 Å². The molecule has 0 aliphatic carbocycles. The van der Waals surface area contributed by atoms with Crippen molar-refractivity contribution in [3.63, 3.8) is 0 Å². The molecule has 0 atom stereocenters. The number of hydrogen-bond acceptors (Lipinski definition) is 5. The third kappa shape index (κ3) is 4.26. The summed E-state index contributed by atoms with van der Waals surface area (Å²) >= 11 is 0. The highest BCUT2D eigenvalue weighted by Crippen LogP contribution is 2.07. The van der Waals surface area contributed by atoms with E-state index in [2.05, 4.69) is 32.3 Å². The zero-order valence-electron chi connectivity index (χ0n) is 11.0. The molecule has 3 N–H and O–H groups in total. The minimum atomic E-state index is -0.487. The van der Waals surface area contributed by atoms with Gasteiger partial charge in [-0.25, -0.2) is 10.1 Å². The van der Waals surface area contributed by atoms with E-state index in [1.54, 1.807) is 12.1 Å². The van der Waals surface area contributed by atoms with E-state index in [0.29, 0.717) is 17.8 Å². The van der Waals surface area contributed by atoms with Gasteiger partial charge in [0.15, 0.2) is 0 Å². The number of aromatic amines is 1. The van der Waals surface area contributed by atoms with Crippen LogP contribution in [-0.4, -0.2) is 32.8 Å². The van der Waals surface area contributed by atoms with Crippen molar-refractivity contribution >= 4 is 11.7 Å². The van der Waals surface area contributed by atoms with Gasteiger partial charge in [-0.15, -0.1) is 0 Å². The standard InChI is InChI=1S/C14H12N4O3/c19-8-2-1-3-10-6-7-15-12(9-10)16-14(21)11-4-5-13(20)18-17-11/h4-7,9,19H,2,8H2,(H,18,20)(H,15,16,21). The van der Waals surface area contributed by atoms with Gasteiger partial charge in [-0.05, 0) is 18.2 Å². The molecule has 2 heterocycles. The minimum Gasteiger partial charge on any atom is -0.395 e. The fourth-order valence-electron chi connectivity index (χ4n) is 1.45. The number of aromatic nitrogens is 3. The predicted molar refractivity (Wildman–Crippen MR) is 75.6 cm³/mol. The zero-order chi connectivity index (χ0) is 15.1. The second-order valence-corrected chi connectivity index (χ2v) is 3.97. The van der Waals surface area contributed by atoms with Crippen molar-refractivity contribution in [1.29, 1.82) is 0 Å². The molecule has 0 aromatic carbocycles. The van der Waals surface area contributed by atoms with Gasteiger partial charge in [0.1, 0.15) is 11.5 Å². The van der Waals surface area contributed by atoms with Crippen LogP contribution in [0.1, 0.15) is 22.5 Å². The highest BCUT2D eigenvalue weighted by atomic mass is 16.2. The molecule has 106 valence electrons. The van der Waals surface area contributed by atoms with Gasteiger partial charge in [-0.2, -0.15) is 5.10 Å². The van der Waals surface area contributed by atoms with Crippen LogP contribution in [0, 0.1) is 11.8 Å². The molecule has 21 heavy (non-hydrogen) atoms. The molecule has 0 fully saturated rings. The number of nitrogens with one attached hydrogen (secondary N) is 2. The van der Waals surface area contributed by atoms with Crippen molar-refractivity contribution in [2.45, 2.75) is 6.42 Å². The van der Waals surface area contributed by atoms with Gasteiger partial charge in [0.05, 0.1) is 6.61 Å². The first kappa shape index (κ1) is 14.4. The largest absolute Gasteiger partial charge is 0.395 e. The van der Waals surface area contributed by atoms with E-state index >= 15 is 0 Å². The Morgan fingerprint density at radius 3 is 2.95 bits per heavy atom. The number of hydrogen-bond donors (Lipinski definition) is 3. The number of carbonyl (C=O) groups is 1. The van der Waals surface area contributed by atoms with E-state index in [4.69, 9.17) is 5.11 Å². The van der Waals surface area contributed by atoms with Crippen LogP contribution in [0.5, 0.6) is 0 Å². The van der Waals surface area contributed by atoms with Crippen molar-refractivity contribution in [3.8, 4) is 11.8 Å². The normalized spacial score (nSPS) is 9.57. The monoisotopic (exact) mass is 284 g/mol. The van der Waals surface area contributed by atoms with Crippen molar-refractivity contribution in [1.82, 2.24) is 15.2 Å². The molecule has 1 amide bonds. The van der Waals surface area contributed by atoms with Crippen molar-refractivity contribution in [2.24, 2.45) is 0 Å². The molecular formula is C14H12N4O3. The molecule has 0 aliphatic rings. The van der Waals surface area contributed by atoms with E-state index in [9.17, 15) is 9.59 Å². The van der Waals surface area contributed by atoms with Crippen molar-refractivity contribution in [3.05, 3.63) is 52.1 Å². The molecule has 2 aromatic rings. The van der Waals surface area contributed by atoms with Crippen LogP contribution in [0.25, 0.3) is 0 Å². The van der Waals surface area contributed by atoms with Gasteiger partial charge in [-0.3, -0.25) is 9.59 Å². The fourth-order valence-corrected chi connectivity index (χ4v) is 1.45. The molecule has 0 aliphatic heterocycles. The highest BCUT2D eigenvalue weighted by Gasteiger charge is 2.08. The summed E-state index contributed by atoms with van der Waals surface area (Å²) in [6.45, 7) is -0.000441. The lowest BCUT2D eigenvalue weighted by atomic mass is 10.2. The molecular weight excluding hydrogens is 272 g/mol. The molecule has 2 rings (SSSR count). The number of amides is 1. The maximum absolute atomic E-state index is 11.9. The van der Waals surface area contributed by atoms with Crippen molar-refractivity contribution in [2.75, 3.05) is 11.9 Å². The van der Waals surface area contributed by atoms with E-state index < -0.39 is 5.91 Å². The zero-order valence-corrected chi connectivity index (χ0v) is 11.0. The van der Waals surface area contributed by atoms with Crippen LogP contribution >= 0.6 is 0 Å². The summed E-state index contributed by atoms with van der Waals surface area (Å²) in [5.41, 5.74) is 0.363. The number of aliphatic hydroxyl groups is 1. The molecule has 0 bridgehead atoms. The Morgan fingerprint density at radius 2 is 2.24 bits per heavy atom. The van der Waals surface area contributed by atoms with Crippen LogP contribution in [0.4, 0.5) is 5.82 Å². The second-order valence-electron chi connectivity index (χ2n) is 3.97. The summed E-state index contributed by atoms with van der Waals surface area (Å²) in [7, 11) is 0. The van der Waals surface area contributed by atoms with Gasteiger partial charge in [0.25, 0.3) is 11.5 Å². The maximum atomic E-state index is 11.9. The molecule has 0 saturated carbocycles. The fraction of sp³-hybridized carbons (Fsp3) is 0.143. The quantitative estimate of drug-likeness (QED) is 0.695. The number of carbonyl (C=O) groups excluding carboxylic acids is 1. The Labute approximate surface area is 120 Å². The first-order chi connectivity index (χ1) is 10.2. The summed E-state index contributed by atoms with van der Waals surface area (Å²) in [6.07, 6.45) is 1.89. The third-order valence-electron chi connectivity index (χ3n) is 2.38. The highest BCUT2D eigenvalue weighted by molar-refractivity contribution is 6.02. The van der Waals surface area contributed by atoms with E-state index in [1.807, 2.05) is 0 Å². The Balaban J connectivity index is 2.11. The number of nitrogens with zero attached hydrogens (tertiary/aromatic N) is 2. The molecule has 0 saturated heterocycles. The van der Waals surface area contributed by atoms with Crippen LogP contribution < -0.4 is 10.9 Å². The van der Waals surface area contributed by atoms with Gasteiger partial charge < -0.3 is 10.4 Å². The van der Waals surface area contributed by atoms with Crippen molar-refractivity contribution < 1.29 is 9.90 Å². The Hall–Kier alpha value is -2.98.